The van der Waals surface area contributed by atoms with Gasteiger partial charge in [0.15, 0.2) is 0 Å². The number of rotatable bonds is 0. The standard InChI is InChI=1S/C8H8O.C6H8N2/c1-2-4-8-7(3-1)5-6-9-8;7-6-4-2-1-3-5-8-6/h1-4H,5-6H2;1-5,8H,7H2. The zero-order chi connectivity index (χ0) is 11.9. The van der Waals surface area contributed by atoms with Crippen molar-refractivity contribution in [3.63, 3.8) is 0 Å². The molecule has 0 bridgehead atoms. The fourth-order valence-corrected chi connectivity index (χ4v) is 1.59. The van der Waals surface area contributed by atoms with E-state index in [-0.39, 0.29) is 0 Å². The molecule has 1 aromatic rings. The normalized spacial score (nSPS) is 15.6. The Morgan fingerprint density at radius 1 is 1.12 bits per heavy atom. The van der Waals surface area contributed by atoms with Gasteiger partial charge in [0.05, 0.1) is 12.4 Å². The minimum atomic E-state index is 0.676. The minimum absolute atomic E-state index is 0.676. The molecule has 0 spiro atoms. The number of nitrogens with one attached hydrogen (secondary N) is 1. The molecule has 0 radical (unpaired) electrons. The van der Waals surface area contributed by atoms with Crippen LogP contribution in [0.3, 0.4) is 0 Å². The Morgan fingerprint density at radius 2 is 2.00 bits per heavy atom. The van der Waals surface area contributed by atoms with E-state index < -0.39 is 0 Å². The van der Waals surface area contributed by atoms with Gasteiger partial charge in [-0.2, -0.15) is 0 Å². The lowest BCUT2D eigenvalue weighted by Crippen LogP contribution is -2.12. The molecule has 0 saturated carbocycles. The molecule has 0 aromatic heterocycles. The Bertz CT molecular complexity index is 438. The fraction of sp³-hybridized carbons (Fsp3) is 0.143. The molecule has 17 heavy (non-hydrogen) atoms. The lowest BCUT2D eigenvalue weighted by molar-refractivity contribution is 0.357. The van der Waals surface area contributed by atoms with Gasteiger partial charge in [-0.05, 0) is 23.8 Å². The average molecular weight is 228 g/mol. The van der Waals surface area contributed by atoms with Crippen LogP contribution in [0.5, 0.6) is 5.75 Å². The van der Waals surface area contributed by atoms with Crippen LogP contribution in [-0.2, 0) is 6.42 Å². The average Bonchev–Trinajstić information content (AvgIpc) is 2.71. The molecule has 0 amide bonds. The molecule has 2 heterocycles. The van der Waals surface area contributed by atoms with Gasteiger partial charge in [0, 0.05) is 12.6 Å². The molecule has 2 aliphatic rings. The maximum atomic E-state index is 5.38. The summed E-state index contributed by atoms with van der Waals surface area (Å²) >= 11 is 0. The van der Waals surface area contributed by atoms with Crippen molar-refractivity contribution in [1.29, 1.82) is 0 Å². The van der Waals surface area contributed by atoms with Crippen LogP contribution in [-0.4, -0.2) is 6.61 Å². The van der Waals surface area contributed by atoms with Crippen molar-refractivity contribution >= 4 is 0 Å². The van der Waals surface area contributed by atoms with Crippen molar-refractivity contribution in [3.05, 3.63) is 66.2 Å². The number of hydrogen-bond donors (Lipinski definition) is 2. The van der Waals surface area contributed by atoms with Crippen LogP contribution >= 0.6 is 0 Å². The SMILES string of the molecule is NC1=CC=CC=CN1.c1ccc2c(c1)CCO2. The third-order valence-electron chi connectivity index (χ3n) is 2.45. The highest BCUT2D eigenvalue weighted by Gasteiger charge is 2.08. The Kier molecular flexibility index (Phi) is 3.86. The molecular formula is C14H16N2O. The van der Waals surface area contributed by atoms with Crippen LogP contribution in [0, 0.1) is 0 Å². The Morgan fingerprint density at radius 3 is 2.88 bits per heavy atom. The lowest BCUT2D eigenvalue weighted by Gasteiger charge is -1.93. The number of allylic oxidation sites excluding steroid dienone is 4. The van der Waals surface area contributed by atoms with Crippen LogP contribution < -0.4 is 15.8 Å². The molecule has 3 rings (SSSR count). The molecule has 0 atom stereocenters. The molecule has 88 valence electrons. The van der Waals surface area contributed by atoms with Crippen molar-refractivity contribution in [2.75, 3.05) is 6.61 Å². The van der Waals surface area contributed by atoms with Crippen LogP contribution in [0.15, 0.2) is 60.6 Å². The van der Waals surface area contributed by atoms with Crippen LogP contribution in [0.1, 0.15) is 5.56 Å². The van der Waals surface area contributed by atoms with Gasteiger partial charge in [-0.1, -0.05) is 30.4 Å². The zero-order valence-electron chi connectivity index (χ0n) is 9.60. The number of hydrogen-bond acceptors (Lipinski definition) is 3. The monoisotopic (exact) mass is 228 g/mol. The molecule has 0 fully saturated rings. The van der Waals surface area contributed by atoms with E-state index in [4.69, 9.17) is 10.5 Å². The van der Waals surface area contributed by atoms with E-state index >= 15 is 0 Å². The quantitative estimate of drug-likeness (QED) is 0.714. The highest BCUT2D eigenvalue weighted by molar-refractivity contribution is 5.35. The fourth-order valence-electron chi connectivity index (χ4n) is 1.59. The van der Waals surface area contributed by atoms with Gasteiger partial charge in [0.1, 0.15) is 5.75 Å². The molecule has 3 nitrogen and oxygen atoms in total. The van der Waals surface area contributed by atoms with Gasteiger partial charge in [-0.3, -0.25) is 0 Å². The molecule has 0 unspecified atom stereocenters. The summed E-state index contributed by atoms with van der Waals surface area (Å²) in [4.78, 5) is 0. The van der Waals surface area contributed by atoms with Crippen LogP contribution in [0.4, 0.5) is 0 Å². The number of ether oxygens (including phenoxy) is 1. The summed E-state index contributed by atoms with van der Waals surface area (Å²) in [6.07, 6.45) is 10.3. The maximum absolute atomic E-state index is 5.38. The smallest absolute Gasteiger partial charge is 0.122 e. The van der Waals surface area contributed by atoms with Crippen molar-refractivity contribution in [2.24, 2.45) is 5.73 Å². The van der Waals surface area contributed by atoms with Crippen molar-refractivity contribution in [3.8, 4) is 5.75 Å². The Labute approximate surface area is 101 Å². The third-order valence-corrected chi connectivity index (χ3v) is 2.45. The Balaban J connectivity index is 0.000000128. The van der Waals surface area contributed by atoms with Gasteiger partial charge < -0.3 is 15.8 Å². The summed E-state index contributed by atoms with van der Waals surface area (Å²) in [6.45, 7) is 0.860. The first-order chi connectivity index (χ1) is 8.36. The van der Waals surface area contributed by atoms with Crippen LogP contribution in [0.25, 0.3) is 0 Å². The molecule has 0 saturated heterocycles. The molecule has 2 aliphatic heterocycles. The number of nitrogens with two attached hydrogens (primary N) is 1. The molecule has 3 heteroatoms. The number of para-hydroxylation sites is 1. The summed E-state index contributed by atoms with van der Waals surface area (Å²) in [6, 6.07) is 8.18. The molecular weight excluding hydrogens is 212 g/mol. The predicted octanol–water partition coefficient (Wildman–Crippen LogP) is 2.08. The second-order valence-corrected chi connectivity index (χ2v) is 3.72. The predicted molar refractivity (Wildman–Crippen MR) is 69.3 cm³/mol. The first-order valence-corrected chi connectivity index (χ1v) is 5.62. The van der Waals surface area contributed by atoms with E-state index in [2.05, 4.69) is 11.4 Å². The van der Waals surface area contributed by atoms with Crippen molar-refractivity contribution in [1.82, 2.24) is 5.32 Å². The summed E-state index contributed by atoms with van der Waals surface area (Å²) in [5.41, 5.74) is 6.73. The van der Waals surface area contributed by atoms with Crippen molar-refractivity contribution < 1.29 is 4.74 Å². The maximum Gasteiger partial charge on any atom is 0.122 e. The third kappa shape index (κ3) is 3.41. The first-order valence-electron chi connectivity index (χ1n) is 5.62. The molecule has 0 aliphatic carbocycles. The lowest BCUT2D eigenvalue weighted by atomic mass is 10.2. The topological polar surface area (TPSA) is 47.3 Å². The van der Waals surface area contributed by atoms with Crippen LogP contribution in [0.2, 0.25) is 0 Å². The van der Waals surface area contributed by atoms with E-state index in [9.17, 15) is 0 Å². The molecule has 3 N–H and O–H groups in total. The summed E-state index contributed by atoms with van der Waals surface area (Å²) in [5, 5.41) is 2.84. The van der Waals surface area contributed by atoms with Gasteiger partial charge in [-0.25, -0.2) is 0 Å². The second kappa shape index (κ2) is 5.80. The Hall–Kier alpha value is -2.16. The van der Waals surface area contributed by atoms with E-state index in [1.54, 1.807) is 12.3 Å². The molecule has 1 aromatic carbocycles. The van der Waals surface area contributed by atoms with E-state index in [0.717, 1.165) is 18.8 Å². The number of benzene rings is 1. The summed E-state index contributed by atoms with van der Waals surface area (Å²) in [5.74, 6) is 1.74. The van der Waals surface area contributed by atoms with Gasteiger partial charge in [-0.15, -0.1) is 0 Å². The minimum Gasteiger partial charge on any atom is -0.493 e. The van der Waals surface area contributed by atoms with Gasteiger partial charge >= 0.3 is 0 Å². The summed E-state index contributed by atoms with van der Waals surface area (Å²) in [7, 11) is 0. The van der Waals surface area contributed by atoms with E-state index in [0.29, 0.717) is 5.82 Å². The highest BCUT2D eigenvalue weighted by Crippen LogP contribution is 2.23. The zero-order valence-corrected chi connectivity index (χ0v) is 9.60. The van der Waals surface area contributed by atoms with E-state index in [1.165, 1.54) is 5.56 Å². The van der Waals surface area contributed by atoms with Crippen molar-refractivity contribution in [2.45, 2.75) is 6.42 Å². The summed E-state index contributed by atoms with van der Waals surface area (Å²) < 4.78 is 5.30. The van der Waals surface area contributed by atoms with Gasteiger partial charge in [0.2, 0.25) is 0 Å². The first kappa shape index (κ1) is 11.3. The van der Waals surface area contributed by atoms with Gasteiger partial charge in [0.25, 0.3) is 0 Å². The second-order valence-electron chi connectivity index (χ2n) is 3.72. The largest absolute Gasteiger partial charge is 0.493 e. The highest BCUT2D eigenvalue weighted by atomic mass is 16.5. The number of fused-ring (bicyclic) bond motifs is 1. The van der Waals surface area contributed by atoms with E-state index in [1.807, 2.05) is 36.4 Å².